The maximum absolute atomic E-state index is 12.9. The van der Waals surface area contributed by atoms with Gasteiger partial charge in [-0.3, -0.25) is 9.78 Å². The number of carbonyl (C=O) groups is 1. The number of halogens is 2. The van der Waals surface area contributed by atoms with Crippen LogP contribution in [0.2, 0.25) is 0 Å². The van der Waals surface area contributed by atoms with E-state index in [1.54, 1.807) is 19.1 Å². The summed E-state index contributed by atoms with van der Waals surface area (Å²) in [5.41, 5.74) is 2.20. The molecule has 6 nitrogen and oxygen atoms in total. The van der Waals surface area contributed by atoms with Crippen molar-refractivity contribution in [1.29, 1.82) is 0 Å². The smallest absolute Gasteiger partial charge is 0.387 e. The van der Waals surface area contributed by atoms with Gasteiger partial charge in [0.05, 0.1) is 23.4 Å². The van der Waals surface area contributed by atoms with E-state index in [9.17, 15) is 13.6 Å². The zero-order valence-electron chi connectivity index (χ0n) is 16.3. The Bertz CT molecular complexity index is 907. The molecule has 1 spiro atoms. The van der Waals surface area contributed by atoms with Crippen molar-refractivity contribution in [1.82, 2.24) is 10.3 Å². The molecule has 1 aromatic heterocycles. The summed E-state index contributed by atoms with van der Waals surface area (Å²) in [5, 5.41) is 12.3. The number of aliphatic hydroxyl groups excluding tert-OH is 1. The number of nitrogens with one attached hydrogen (secondary N) is 1. The molecule has 8 heteroatoms. The molecule has 1 amide bonds. The molecule has 4 rings (SSSR count). The molecule has 1 aromatic carbocycles. The number of nitrogens with zero attached hydrogens (tertiary/aromatic N) is 2. The van der Waals surface area contributed by atoms with Crippen LogP contribution in [0.5, 0.6) is 5.75 Å². The Balaban J connectivity index is 1.68. The van der Waals surface area contributed by atoms with Crippen LogP contribution in [0.3, 0.4) is 0 Å². The average Bonchev–Trinajstić information content (AvgIpc) is 3.45. The number of aromatic nitrogens is 1. The number of amides is 1. The van der Waals surface area contributed by atoms with Crippen LogP contribution in [0.1, 0.15) is 43.0 Å². The van der Waals surface area contributed by atoms with Gasteiger partial charge in [0.1, 0.15) is 5.75 Å². The zero-order chi connectivity index (χ0) is 20.6. The second kappa shape index (κ2) is 7.74. The first kappa shape index (κ1) is 19.8. The maximum atomic E-state index is 12.9. The van der Waals surface area contributed by atoms with Gasteiger partial charge in [0.15, 0.2) is 0 Å². The van der Waals surface area contributed by atoms with Gasteiger partial charge < -0.3 is 20.1 Å². The van der Waals surface area contributed by atoms with Gasteiger partial charge in [0.2, 0.25) is 0 Å². The minimum atomic E-state index is -2.93. The summed E-state index contributed by atoms with van der Waals surface area (Å²) in [4.78, 5) is 19.0. The van der Waals surface area contributed by atoms with Crippen LogP contribution < -0.4 is 15.0 Å². The van der Waals surface area contributed by atoms with E-state index in [4.69, 9.17) is 5.11 Å². The van der Waals surface area contributed by atoms with Crippen LogP contribution in [0.15, 0.2) is 24.4 Å². The van der Waals surface area contributed by atoms with Crippen molar-refractivity contribution in [2.75, 3.05) is 24.6 Å². The van der Waals surface area contributed by atoms with E-state index in [-0.39, 0.29) is 18.3 Å². The third kappa shape index (κ3) is 4.27. The molecule has 2 N–H and O–H groups in total. The Labute approximate surface area is 167 Å². The summed E-state index contributed by atoms with van der Waals surface area (Å²) < 4.78 is 30.4. The molecule has 156 valence electrons. The highest BCUT2D eigenvalue weighted by Crippen LogP contribution is 2.54. The topological polar surface area (TPSA) is 74.7 Å². The first-order chi connectivity index (χ1) is 13.9. The minimum Gasteiger partial charge on any atom is -0.435 e. The highest BCUT2D eigenvalue weighted by Gasteiger charge is 2.44. The summed E-state index contributed by atoms with van der Waals surface area (Å²) in [6.07, 6.45) is 6.21. The van der Waals surface area contributed by atoms with Crippen molar-refractivity contribution >= 4 is 22.5 Å². The monoisotopic (exact) mass is 405 g/mol. The van der Waals surface area contributed by atoms with Crippen LogP contribution in [-0.2, 0) is 0 Å². The van der Waals surface area contributed by atoms with Gasteiger partial charge in [-0.25, -0.2) is 0 Å². The number of hydrogen-bond donors (Lipinski definition) is 2. The number of alkyl halides is 2. The number of carbonyl (C=O) groups excluding carboxylic acids is 1. The van der Waals surface area contributed by atoms with Crippen molar-refractivity contribution in [3.63, 3.8) is 0 Å². The van der Waals surface area contributed by atoms with E-state index in [2.05, 4.69) is 19.9 Å². The largest absolute Gasteiger partial charge is 0.435 e. The van der Waals surface area contributed by atoms with Gasteiger partial charge in [0, 0.05) is 36.8 Å². The Morgan fingerprint density at radius 3 is 2.62 bits per heavy atom. The molecular formula is C21H25F2N3O3. The van der Waals surface area contributed by atoms with E-state index in [1.165, 1.54) is 25.1 Å². The Morgan fingerprint density at radius 1 is 1.28 bits per heavy atom. The number of aliphatic hydroxyl groups is 1. The van der Waals surface area contributed by atoms with Crippen molar-refractivity contribution in [3.05, 3.63) is 30.0 Å². The molecule has 0 unspecified atom stereocenters. The highest BCUT2D eigenvalue weighted by atomic mass is 19.3. The van der Waals surface area contributed by atoms with Crippen LogP contribution in [-0.4, -0.2) is 48.3 Å². The van der Waals surface area contributed by atoms with Crippen LogP contribution in [0.25, 0.3) is 10.9 Å². The normalized spacial score (nSPS) is 18.9. The Hall–Kier alpha value is -2.48. The van der Waals surface area contributed by atoms with Crippen LogP contribution in [0, 0.1) is 5.41 Å². The molecule has 0 radical (unpaired) electrons. The molecule has 1 aliphatic heterocycles. The van der Waals surface area contributed by atoms with E-state index in [1.807, 2.05) is 0 Å². The lowest BCUT2D eigenvalue weighted by atomic mass is 9.93. The van der Waals surface area contributed by atoms with Gasteiger partial charge in [-0.05, 0) is 50.2 Å². The summed E-state index contributed by atoms with van der Waals surface area (Å²) in [7, 11) is 0. The number of pyridine rings is 1. The Morgan fingerprint density at radius 2 is 2.00 bits per heavy atom. The SMILES string of the molecule is C[C@H](CO)NC(=O)c1cnc2c(N3CCC4(CC3)CC4)cc(OC(F)F)cc2c1. The second-order valence-electron chi connectivity index (χ2n) is 8.16. The van der Waals surface area contributed by atoms with Crippen LogP contribution in [0.4, 0.5) is 14.5 Å². The number of rotatable bonds is 6. The lowest BCUT2D eigenvalue weighted by molar-refractivity contribution is -0.0497. The fourth-order valence-electron chi connectivity index (χ4n) is 3.99. The molecule has 2 aliphatic rings. The first-order valence-electron chi connectivity index (χ1n) is 9.94. The fraction of sp³-hybridized carbons (Fsp3) is 0.524. The Kier molecular flexibility index (Phi) is 5.29. The van der Waals surface area contributed by atoms with Gasteiger partial charge in [-0.1, -0.05) is 0 Å². The predicted molar refractivity (Wildman–Crippen MR) is 106 cm³/mol. The third-order valence-corrected chi connectivity index (χ3v) is 6.00. The van der Waals surface area contributed by atoms with Crippen molar-refractivity contribution < 1.29 is 23.4 Å². The highest BCUT2D eigenvalue weighted by molar-refractivity contribution is 6.00. The van der Waals surface area contributed by atoms with Gasteiger partial charge >= 0.3 is 6.61 Å². The molecule has 1 atom stereocenters. The van der Waals surface area contributed by atoms with Gasteiger partial charge in [-0.2, -0.15) is 8.78 Å². The zero-order valence-corrected chi connectivity index (χ0v) is 16.3. The van der Waals surface area contributed by atoms with Gasteiger partial charge in [-0.15, -0.1) is 0 Å². The van der Waals surface area contributed by atoms with Crippen molar-refractivity contribution in [2.24, 2.45) is 5.41 Å². The van der Waals surface area contributed by atoms with Crippen molar-refractivity contribution in [3.8, 4) is 5.75 Å². The van der Waals surface area contributed by atoms with Crippen molar-refractivity contribution in [2.45, 2.75) is 45.3 Å². The molecular weight excluding hydrogens is 380 g/mol. The maximum Gasteiger partial charge on any atom is 0.387 e. The number of piperidine rings is 1. The number of hydrogen-bond acceptors (Lipinski definition) is 5. The standard InChI is InChI=1S/C21H25F2N3O3/c1-13(12-27)25-19(28)15-8-14-9-16(29-20(22)23)10-17(18(14)24-11-15)26-6-4-21(2-3-21)5-7-26/h8-11,13,20,27H,2-7,12H2,1H3,(H,25,28)/t13-/m1/s1. The fourth-order valence-corrected chi connectivity index (χ4v) is 3.99. The lowest BCUT2D eigenvalue weighted by Crippen LogP contribution is -2.35. The molecule has 2 fully saturated rings. The van der Waals surface area contributed by atoms with Gasteiger partial charge in [0.25, 0.3) is 5.91 Å². The summed E-state index contributed by atoms with van der Waals surface area (Å²) in [6.45, 7) is 0.277. The van der Waals surface area contributed by atoms with Crippen LogP contribution >= 0.6 is 0 Å². The number of benzene rings is 1. The van der Waals surface area contributed by atoms with E-state index < -0.39 is 12.7 Å². The first-order valence-corrected chi connectivity index (χ1v) is 9.94. The second-order valence-corrected chi connectivity index (χ2v) is 8.16. The average molecular weight is 405 g/mol. The number of fused-ring (bicyclic) bond motifs is 1. The summed E-state index contributed by atoms with van der Waals surface area (Å²) in [5.74, 6) is -0.325. The third-order valence-electron chi connectivity index (χ3n) is 6.00. The lowest BCUT2D eigenvalue weighted by Gasteiger charge is -2.34. The molecule has 0 bridgehead atoms. The number of anilines is 1. The quantitative estimate of drug-likeness (QED) is 0.771. The molecule has 1 saturated heterocycles. The predicted octanol–water partition coefficient (Wildman–Crippen LogP) is 3.33. The van der Waals surface area contributed by atoms with E-state index in [0.29, 0.717) is 21.9 Å². The molecule has 2 aromatic rings. The number of ether oxygens (including phenoxy) is 1. The van der Waals surface area contributed by atoms with E-state index in [0.717, 1.165) is 31.6 Å². The molecule has 1 saturated carbocycles. The summed E-state index contributed by atoms with van der Waals surface area (Å²) in [6, 6.07) is 4.32. The molecule has 29 heavy (non-hydrogen) atoms. The molecule has 2 heterocycles. The minimum absolute atomic E-state index is 0.0530. The summed E-state index contributed by atoms with van der Waals surface area (Å²) >= 11 is 0. The van der Waals surface area contributed by atoms with E-state index >= 15 is 0 Å². The molecule has 1 aliphatic carbocycles.